The molecule has 0 unspecified atom stereocenters. The molecule has 64 heavy (non-hydrogen) atoms. The van der Waals surface area contributed by atoms with Crippen LogP contribution < -0.4 is 26.4 Å². The number of pyridine rings is 1. The van der Waals surface area contributed by atoms with Crippen molar-refractivity contribution >= 4 is 56.8 Å². The molecule has 0 bridgehead atoms. The number of anilines is 3. The van der Waals surface area contributed by atoms with Crippen molar-refractivity contribution in [1.29, 1.82) is 0 Å². The van der Waals surface area contributed by atoms with E-state index in [1.165, 1.54) is 36.4 Å². The molecule has 1 heterocycles. The van der Waals surface area contributed by atoms with Crippen LogP contribution in [0.4, 0.5) is 47.8 Å². The minimum Gasteiger partial charge on any atom is -0.506 e. The molecule has 1 aromatic heterocycles. The van der Waals surface area contributed by atoms with E-state index in [2.05, 4.69) is 0 Å². The number of para-hydroxylation sites is 3. The summed E-state index contributed by atoms with van der Waals surface area (Å²) in [5.41, 5.74) is -2.12. The number of fused-ring (bicyclic) bond motifs is 1. The fourth-order valence-electron chi connectivity index (χ4n) is 6.98. The number of halogens is 7. The molecule has 0 spiro atoms. The second-order valence-corrected chi connectivity index (χ2v) is 16.8. The Labute approximate surface area is 403 Å². The largest absolute Gasteiger partial charge is 0.506 e. The summed E-state index contributed by atoms with van der Waals surface area (Å²) in [6.45, 7) is 0. The van der Waals surface area contributed by atoms with E-state index in [-0.39, 0.29) is 60.6 Å². The Morgan fingerprint density at radius 1 is 0.531 bits per heavy atom. The molecule has 0 aliphatic carbocycles. The zero-order chi connectivity index (χ0) is 45.0. The average molecular weight is 1030 g/mol. The zero-order valence-electron chi connectivity index (χ0n) is 33.1. The number of alkyl halides is 7. The van der Waals surface area contributed by atoms with Crippen molar-refractivity contribution in [2.45, 2.75) is 18.0 Å². The Balaban J connectivity index is 0.000000270. The summed E-state index contributed by atoms with van der Waals surface area (Å²) in [4.78, 5) is 28.0. The van der Waals surface area contributed by atoms with Crippen molar-refractivity contribution in [3.63, 3.8) is 0 Å². The van der Waals surface area contributed by atoms with Gasteiger partial charge in [-0.05, 0) is 54.6 Å². The van der Waals surface area contributed by atoms with Crippen molar-refractivity contribution in [2.24, 2.45) is 0 Å². The van der Waals surface area contributed by atoms with Gasteiger partial charge in [-0.2, -0.15) is 30.7 Å². The molecule has 325 valence electrons. The van der Waals surface area contributed by atoms with E-state index >= 15 is 0 Å². The molecule has 8 aromatic rings. The summed E-state index contributed by atoms with van der Waals surface area (Å²) < 4.78 is 110. The van der Waals surface area contributed by atoms with Crippen LogP contribution in [0.1, 0.15) is 10.4 Å². The number of ketones is 1. The molecular formula is C49H34EuF7N2O4P. The van der Waals surface area contributed by atoms with Crippen LogP contribution >= 0.6 is 7.14 Å². The van der Waals surface area contributed by atoms with Crippen molar-refractivity contribution < 1.29 is 94.6 Å². The number of rotatable bonds is 10. The van der Waals surface area contributed by atoms with E-state index in [1.807, 2.05) is 91.0 Å². The van der Waals surface area contributed by atoms with Crippen LogP contribution in [0.25, 0.3) is 16.6 Å². The van der Waals surface area contributed by atoms with Gasteiger partial charge in [0.05, 0.1) is 5.52 Å². The van der Waals surface area contributed by atoms with E-state index in [4.69, 9.17) is 0 Å². The molecule has 0 aliphatic heterocycles. The van der Waals surface area contributed by atoms with Crippen LogP contribution in [0.15, 0.2) is 205 Å². The van der Waals surface area contributed by atoms with Crippen molar-refractivity contribution in [2.75, 3.05) is 4.90 Å². The fourth-order valence-corrected chi connectivity index (χ4v) is 9.65. The number of Topliss-reactive ketones (excluding diaryl/α,β-unsaturated/α-hetero) is 1. The Hall–Kier alpha value is -5.66. The number of carbonyl (C=O) groups excluding carboxylic acids is 1. The van der Waals surface area contributed by atoms with Crippen LogP contribution in [0.2, 0.25) is 0 Å². The molecule has 7 aromatic carbocycles. The van der Waals surface area contributed by atoms with Gasteiger partial charge in [-0.25, -0.2) is 0 Å². The maximum Gasteiger partial charge on any atom is 0.460 e. The van der Waals surface area contributed by atoms with E-state index in [0.717, 1.165) is 22.0 Å². The van der Waals surface area contributed by atoms with Gasteiger partial charge in [-0.15, -0.1) is 0 Å². The van der Waals surface area contributed by atoms with Gasteiger partial charge < -0.3 is 14.6 Å². The monoisotopic (exact) mass is 1030 g/mol. The number of aromatic nitrogens is 1. The summed E-state index contributed by atoms with van der Waals surface area (Å²) >= 11 is 0. The van der Waals surface area contributed by atoms with Crippen LogP contribution in [0.5, 0.6) is 5.75 Å². The molecule has 8 rings (SSSR count). The molecule has 1 N–H and O–H groups in total. The molecule has 6 nitrogen and oxygen atoms in total. The predicted octanol–water partition coefficient (Wildman–Crippen LogP) is 11.5. The van der Waals surface area contributed by atoms with E-state index in [0.29, 0.717) is 21.6 Å². The average Bonchev–Trinajstić information content (AvgIpc) is 3.30. The first-order valence-corrected chi connectivity index (χ1v) is 20.8. The third-order valence-corrected chi connectivity index (χ3v) is 13.1. The molecule has 0 aliphatic rings. The smallest absolute Gasteiger partial charge is 0.460 e. The predicted molar refractivity (Wildman–Crippen MR) is 232 cm³/mol. The SMILES string of the molecule is O=C(c1c(O)c2ccc(N(c3ccccc3)c3ccccc3)cc2n(-c2ccccc2)c1=O)C(F)(F)C(F)(F)C(F)(F)F.O=P(c1ccccc1)(c1ccccc1)c1ccccc1.[Eu]. The minimum atomic E-state index is -6.84. The Morgan fingerprint density at radius 2 is 0.906 bits per heavy atom. The van der Waals surface area contributed by atoms with Gasteiger partial charge in [0, 0.05) is 93.4 Å². The number of benzene rings is 7. The number of hydrogen-bond acceptors (Lipinski definition) is 5. The molecule has 0 saturated heterocycles. The molecule has 0 saturated carbocycles. The van der Waals surface area contributed by atoms with Gasteiger partial charge in [-0.1, -0.05) is 146 Å². The molecule has 15 heteroatoms. The normalized spacial score (nSPS) is 11.8. The number of aromatic hydroxyl groups is 1. The van der Waals surface area contributed by atoms with Crippen molar-refractivity contribution in [3.05, 3.63) is 216 Å². The topological polar surface area (TPSA) is 79.6 Å². The number of hydrogen-bond donors (Lipinski definition) is 1. The van der Waals surface area contributed by atoms with E-state index in [9.17, 15) is 50.0 Å². The standard InChI is InChI=1S/C31H19F7N2O3.C18H15OP.Eu/c32-29(33,30(34,35)31(36,37)38)27(42)25-26(41)23-17-16-22(18-24(23)40(28(25)43)21-14-8-3-9-15-21)39(19-10-4-1-5-11-19)20-12-6-2-7-13-20;19-20(16-10-4-1-5-11-16,17-12-6-2-7-13-17)18-14-8-3-9-15-18;/h1-18,41H;1-15H;. The second kappa shape index (κ2) is 19.6. The maximum absolute atomic E-state index is 14.5. The summed E-state index contributed by atoms with van der Waals surface area (Å²) in [6.07, 6.45) is -6.83. The number of carbonyl (C=O) groups is 1. The molecule has 0 amide bonds. The summed E-state index contributed by atoms with van der Waals surface area (Å²) in [5, 5.41) is 13.1. The minimum absolute atomic E-state index is 0. The summed E-state index contributed by atoms with van der Waals surface area (Å²) in [5.74, 6) is -17.9. The van der Waals surface area contributed by atoms with E-state index < -0.39 is 53.2 Å². The van der Waals surface area contributed by atoms with Crippen molar-refractivity contribution in [3.8, 4) is 11.4 Å². The van der Waals surface area contributed by atoms with Gasteiger partial charge in [0.15, 0.2) is 7.14 Å². The van der Waals surface area contributed by atoms with E-state index in [1.54, 1.807) is 71.6 Å². The first-order chi connectivity index (χ1) is 30.1. The van der Waals surface area contributed by atoms with Gasteiger partial charge in [0.2, 0.25) is 5.78 Å². The van der Waals surface area contributed by atoms with Crippen LogP contribution in [-0.4, -0.2) is 33.5 Å². The molecular weight excluding hydrogens is 996 g/mol. The van der Waals surface area contributed by atoms with Gasteiger partial charge in [0.1, 0.15) is 11.3 Å². The van der Waals surface area contributed by atoms with Gasteiger partial charge in [0.25, 0.3) is 5.56 Å². The third kappa shape index (κ3) is 9.15. The fraction of sp³-hybridized carbons (Fsp3) is 0.0612. The summed E-state index contributed by atoms with van der Waals surface area (Å²) in [6, 6.07) is 57.9. The quantitative estimate of drug-likeness (QED) is 0.0839. The third-order valence-electron chi connectivity index (χ3n) is 10.1. The first kappa shape index (κ1) is 47.8. The van der Waals surface area contributed by atoms with Crippen LogP contribution in [0, 0.1) is 49.4 Å². The van der Waals surface area contributed by atoms with Crippen molar-refractivity contribution in [1.82, 2.24) is 4.57 Å². The first-order valence-electron chi connectivity index (χ1n) is 19.1. The van der Waals surface area contributed by atoms with Crippen LogP contribution in [0.3, 0.4) is 0 Å². The molecule has 1 radical (unpaired) electrons. The Kier molecular flexibility index (Phi) is 14.7. The zero-order valence-corrected chi connectivity index (χ0v) is 36.4. The second-order valence-electron chi connectivity index (χ2n) is 14.0. The molecule has 0 fully saturated rings. The molecule has 0 atom stereocenters. The summed E-state index contributed by atoms with van der Waals surface area (Å²) in [7, 11) is -2.78. The maximum atomic E-state index is 14.5. The van der Waals surface area contributed by atoms with Gasteiger partial charge in [-0.3, -0.25) is 14.2 Å². The number of nitrogens with zero attached hydrogens (tertiary/aromatic N) is 2. The Morgan fingerprint density at radius 3 is 1.30 bits per heavy atom. The van der Waals surface area contributed by atoms with Crippen LogP contribution in [-0.2, 0) is 4.57 Å². The Bertz CT molecular complexity index is 2820. The van der Waals surface area contributed by atoms with Gasteiger partial charge >= 0.3 is 18.0 Å².